The van der Waals surface area contributed by atoms with Crippen LogP contribution in [0.1, 0.15) is 62.9 Å². The number of aromatic nitrogens is 2. The van der Waals surface area contributed by atoms with Crippen molar-refractivity contribution < 1.29 is 14.0 Å². The lowest BCUT2D eigenvalue weighted by Gasteiger charge is -2.27. The van der Waals surface area contributed by atoms with Crippen LogP contribution in [0.2, 0.25) is 0 Å². The van der Waals surface area contributed by atoms with E-state index in [2.05, 4.69) is 20.6 Å². The molecule has 1 fully saturated rings. The first-order chi connectivity index (χ1) is 16.4. The molecule has 0 spiro atoms. The number of unbranched alkanes of at least 4 members (excludes halogenated alkanes) is 2. The molecule has 3 aromatic rings. The number of carbonyl (C=O) groups is 2. The third kappa shape index (κ3) is 5.62. The fraction of sp³-hybridized carbons (Fsp3) is 0.462. The normalized spacial score (nSPS) is 14.6. The highest BCUT2D eigenvalue weighted by atomic mass is 16.4. The molecule has 1 saturated heterocycles. The Morgan fingerprint density at radius 1 is 1.21 bits per heavy atom. The highest BCUT2D eigenvalue weighted by Gasteiger charge is 2.29. The van der Waals surface area contributed by atoms with E-state index in [1.165, 1.54) is 0 Å². The van der Waals surface area contributed by atoms with E-state index in [1.54, 1.807) is 6.20 Å². The second-order valence-corrected chi connectivity index (χ2v) is 9.07. The summed E-state index contributed by atoms with van der Waals surface area (Å²) in [6.45, 7) is 5.21. The van der Waals surface area contributed by atoms with Crippen molar-refractivity contribution in [2.45, 2.75) is 58.4 Å². The molecule has 8 heteroatoms. The molecule has 2 aromatic heterocycles. The number of benzene rings is 1. The maximum absolute atomic E-state index is 12.7. The Hall–Kier alpha value is -3.26. The summed E-state index contributed by atoms with van der Waals surface area (Å²) in [5, 5.41) is 7.10. The number of aromatic amines is 1. The average Bonchev–Trinajstić information content (AvgIpc) is 3.26. The van der Waals surface area contributed by atoms with Crippen LogP contribution in [0.5, 0.6) is 0 Å². The van der Waals surface area contributed by atoms with Crippen molar-refractivity contribution in [3.63, 3.8) is 0 Å². The van der Waals surface area contributed by atoms with Crippen molar-refractivity contribution in [1.82, 2.24) is 20.6 Å². The zero-order valence-electron chi connectivity index (χ0n) is 19.8. The van der Waals surface area contributed by atoms with Crippen molar-refractivity contribution in [2.75, 3.05) is 13.1 Å². The standard InChI is InChI=1S/C26H32N4O4/c1-3-19(31)7-5-4-6-8-22(30-24(32)18-13-27-14-18)26-28-15-23(34-26)20-12-17-11-16(2)9-10-21(17)29-25(20)33/h9-12,15,18,22,27H,3-8,13-14H2,1-2H3,(H,29,33)(H,30,32)/t22-/m0/s1. The minimum Gasteiger partial charge on any atom is -0.438 e. The Bertz CT molecular complexity index is 1230. The summed E-state index contributed by atoms with van der Waals surface area (Å²) in [6.07, 6.45) is 5.92. The number of amides is 1. The molecular formula is C26H32N4O4. The summed E-state index contributed by atoms with van der Waals surface area (Å²) < 4.78 is 6.02. The number of fused-ring (bicyclic) bond motifs is 1. The molecule has 1 aromatic carbocycles. The molecule has 0 aliphatic carbocycles. The third-order valence-electron chi connectivity index (χ3n) is 6.40. The number of ketones is 1. The van der Waals surface area contributed by atoms with Gasteiger partial charge >= 0.3 is 0 Å². The fourth-order valence-electron chi connectivity index (χ4n) is 4.13. The Kier molecular flexibility index (Phi) is 7.57. The Labute approximate surface area is 198 Å². The molecule has 8 nitrogen and oxygen atoms in total. The van der Waals surface area contributed by atoms with Gasteiger partial charge in [0.25, 0.3) is 5.56 Å². The first-order valence-corrected chi connectivity index (χ1v) is 12.1. The van der Waals surface area contributed by atoms with Crippen LogP contribution in [0.4, 0.5) is 0 Å². The van der Waals surface area contributed by atoms with Crippen LogP contribution in [0.25, 0.3) is 22.2 Å². The number of rotatable bonds is 11. The van der Waals surface area contributed by atoms with Crippen molar-refractivity contribution in [1.29, 1.82) is 0 Å². The van der Waals surface area contributed by atoms with Crippen LogP contribution in [0.15, 0.2) is 39.7 Å². The van der Waals surface area contributed by atoms with Gasteiger partial charge < -0.3 is 20.0 Å². The number of hydrogen-bond acceptors (Lipinski definition) is 6. The van der Waals surface area contributed by atoms with Crippen LogP contribution in [-0.4, -0.2) is 34.7 Å². The number of H-pyrrole nitrogens is 1. The fourth-order valence-corrected chi connectivity index (χ4v) is 4.13. The van der Waals surface area contributed by atoms with Crippen molar-refractivity contribution in [3.8, 4) is 11.3 Å². The van der Waals surface area contributed by atoms with Gasteiger partial charge in [-0.05, 0) is 43.4 Å². The lowest BCUT2D eigenvalue weighted by Crippen LogP contribution is -2.51. The molecule has 1 aliphatic heterocycles. The van der Waals surface area contributed by atoms with E-state index in [-0.39, 0.29) is 29.2 Å². The Morgan fingerprint density at radius 2 is 2.03 bits per heavy atom. The van der Waals surface area contributed by atoms with E-state index in [1.807, 2.05) is 38.1 Å². The molecule has 3 heterocycles. The summed E-state index contributed by atoms with van der Waals surface area (Å²) >= 11 is 0. The minimum atomic E-state index is -0.384. The van der Waals surface area contributed by atoms with Gasteiger partial charge in [-0.1, -0.05) is 31.4 Å². The van der Waals surface area contributed by atoms with Crippen LogP contribution >= 0.6 is 0 Å². The first-order valence-electron chi connectivity index (χ1n) is 12.1. The van der Waals surface area contributed by atoms with Gasteiger partial charge in [0.1, 0.15) is 11.8 Å². The highest BCUT2D eigenvalue weighted by Crippen LogP contribution is 2.26. The molecule has 0 bridgehead atoms. The van der Waals surface area contributed by atoms with E-state index >= 15 is 0 Å². The van der Waals surface area contributed by atoms with Gasteiger partial charge in [0.05, 0.1) is 17.7 Å². The number of aryl methyl sites for hydroxylation is 1. The van der Waals surface area contributed by atoms with E-state index in [4.69, 9.17) is 4.42 Å². The zero-order valence-corrected chi connectivity index (χ0v) is 19.8. The summed E-state index contributed by atoms with van der Waals surface area (Å²) in [4.78, 5) is 44.2. The lowest BCUT2D eigenvalue weighted by molar-refractivity contribution is -0.127. The van der Waals surface area contributed by atoms with Gasteiger partial charge in [-0.3, -0.25) is 14.4 Å². The SMILES string of the molecule is CCC(=O)CCCCC[C@H](NC(=O)C1CNC1)c1ncc(-c2cc3cc(C)ccc3[nH]c2=O)o1. The van der Waals surface area contributed by atoms with Crippen LogP contribution in [-0.2, 0) is 9.59 Å². The topological polar surface area (TPSA) is 117 Å². The van der Waals surface area contributed by atoms with Gasteiger partial charge in [-0.15, -0.1) is 0 Å². The molecular weight excluding hydrogens is 432 g/mol. The van der Waals surface area contributed by atoms with Gasteiger partial charge in [0, 0.05) is 31.4 Å². The maximum Gasteiger partial charge on any atom is 0.259 e. The molecule has 1 atom stereocenters. The summed E-state index contributed by atoms with van der Waals surface area (Å²) in [7, 11) is 0. The van der Waals surface area contributed by atoms with Gasteiger partial charge in [0.15, 0.2) is 5.76 Å². The lowest BCUT2D eigenvalue weighted by atomic mass is 10.0. The third-order valence-corrected chi connectivity index (χ3v) is 6.40. The number of carbonyl (C=O) groups excluding carboxylic acids is 2. The molecule has 4 rings (SSSR count). The number of pyridine rings is 1. The largest absolute Gasteiger partial charge is 0.438 e. The first kappa shape index (κ1) is 23.9. The van der Waals surface area contributed by atoms with E-state index < -0.39 is 0 Å². The monoisotopic (exact) mass is 464 g/mol. The predicted octanol–water partition coefficient (Wildman–Crippen LogP) is 3.80. The van der Waals surface area contributed by atoms with Crippen LogP contribution < -0.4 is 16.2 Å². The number of Topliss-reactive ketones (excluding diaryl/α,β-unsaturated/α-hetero) is 1. The van der Waals surface area contributed by atoms with Gasteiger partial charge in [0.2, 0.25) is 11.8 Å². The molecule has 3 N–H and O–H groups in total. The van der Waals surface area contributed by atoms with Gasteiger partial charge in [-0.2, -0.15) is 0 Å². The number of nitrogens with zero attached hydrogens (tertiary/aromatic N) is 1. The zero-order chi connectivity index (χ0) is 24.1. The average molecular weight is 465 g/mol. The summed E-state index contributed by atoms with van der Waals surface area (Å²) in [6, 6.07) is 7.27. The van der Waals surface area contributed by atoms with E-state index in [0.29, 0.717) is 49.6 Å². The molecule has 0 unspecified atom stereocenters. The summed E-state index contributed by atoms with van der Waals surface area (Å²) in [5.74, 6) is 0.964. The Morgan fingerprint density at radius 3 is 2.76 bits per heavy atom. The van der Waals surface area contributed by atoms with Crippen molar-refractivity contribution >= 4 is 22.6 Å². The Balaban J connectivity index is 1.51. The highest BCUT2D eigenvalue weighted by molar-refractivity contribution is 5.83. The number of hydrogen-bond donors (Lipinski definition) is 3. The van der Waals surface area contributed by atoms with Crippen molar-refractivity contribution in [2.24, 2.45) is 5.92 Å². The number of oxazole rings is 1. The smallest absolute Gasteiger partial charge is 0.259 e. The van der Waals surface area contributed by atoms with Crippen LogP contribution in [0, 0.1) is 12.8 Å². The summed E-state index contributed by atoms with van der Waals surface area (Å²) in [5.41, 5.74) is 2.02. The van der Waals surface area contributed by atoms with E-state index in [9.17, 15) is 14.4 Å². The molecule has 0 radical (unpaired) electrons. The molecule has 34 heavy (non-hydrogen) atoms. The second kappa shape index (κ2) is 10.8. The van der Waals surface area contributed by atoms with Crippen molar-refractivity contribution in [3.05, 3.63) is 52.3 Å². The van der Waals surface area contributed by atoms with E-state index in [0.717, 1.165) is 35.7 Å². The molecule has 1 aliphatic rings. The maximum atomic E-state index is 12.7. The minimum absolute atomic E-state index is 0.0244. The molecule has 1 amide bonds. The predicted molar refractivity (Wildman–Crippen MR) is 130 cm³/mol. The van der Waals surface area contributed by atoms with Gasteiger partial charge in [-0.25, -0.2) is 4.98 Å². The van der Waals surface area contributed by atoms with Crippen LogP contribution in [0.3, 0.4) is 0 Å². The second-order valence-electron chi connectivity index (χ2n) is 9.07. The quantitative estimate of drug-likeness (QED) is 0.372. The molecule has 180 valence electrons. The number of nitrogens with one attached hydrogen (secondary N) is 3. The molecule has 0 saturated carbocycles.